The van der Waals surface area contributed by atoms with Crippen LogP contribution in [0.5, 0.6) is 0 Å². The number of aromatic nitrogens is 5. The smallest absolute Gasteiger partial charge is 0.160 e. The number of fused-ring (bicyclic) bond motifs is 10. The minimum Gasteiger partial charge on any atom is -0.307 e. The van der Waals surface area contributed by atoms with Crippen molar-refractivity contribution in [1.29, 1.82) is 0 Å². The van der Waals surface area contributed by atoms with Gasteiger partial charge < -0.3 is 4.57 Å². The molecule has 13 rings (SSSR count). The van der Waals surface area contributed by atoms with E-state index in [1.807, 2.05) is 12.1 Å². The molecule has 4 aromatic heterocycles. The molecule has 0 aliphatic carbocycles. The third-order valence-electron chi connectivity index (χ3n) is 12.7. The monoisotopic (exact) mass is 803 g/mol. The molecule has 9 aromatic carbocycles. The van der Waals surface area contributed by atoms with Gasteiger partial charge >= 0.3 is 0 Å². The summed E-state index contributed by atoms with van der Waals surface area (Å²) in [6.45, 7) is 0. The summed E-state index contributed by atoms with van der Waals surface area (Å²) in [6.07, 6.45) is 0. The predicted octanol–water partition coefficient (Wildman–Crippen LogP) is 14.8. The third-order valence-corrected chi connectivity index (χ3v) is 12.7. The molecule has 63 heavy (non-hydrogen) atoms. The number of benzene rings is 9. The minimum absolute atomic E-state index is 0.682. The summed E-state index contributed by atoms with van der Waals surface area (Å²) in [5, 5.41) is 7.29. The minimum atomic E-state index is 0.682. The fourth-order valence-electron chi connectivity index (χ4n) is 9.78. The highest BCUT2D eigenvalue weighted by Crippen LogP contribution is 2.42. The zero-order valence-electron chi connectivity index (χ0n) is 34.1. The van der Waals surface area contributed by atoms with E-state index in [0.29, 0.717) is 5.82 Å². The lowest BCUT2D eigenvalue weighted by atomic mass is 10.0. The number of para-hydroxylation sites is 4. The van der Waals surface area contributed by atoms with Crippen molar-refractivity contribution >= 4 is 65.4 Å². The molecule has 0 saturated carbocycles. The number of rotatable bonds is 6. The largest absolute Gasteiger partial charge is 0.307 e. The summed E-state index contributed by atoms with van der Waals surface area (Å²) >= 11 is 0. The van der Waals surface area contributed by atoms with Gasteiger partial charge in [0.2, 0.25) is 0 Å². The van der Waals surface area contributed by atoms with Gasteiger partial charge in [0, 0.05) is 54.7 Å². The van der Waals surface area contributed by atoms with Crippen LogP contribution in [0, 0.1) is 0 Å². The Hall–Kier alpha value is -8.54. The number of hydrogen-bond acceptors (Lipinski definition) is 2. The van der Waals surface area contributed by atoms with E-state index in [4.69, 9.17) is 9.97 Å². The Balaban J connectivity index is 1.02. The standard InChI is InChI=1S/C58H37N5/c1-3-15-38(16-4-1)39-27-29-41(30-28-39)51-37-50(40-17-5-2-6-18-40)59-58(60-51)42-31-33-43(34-32-42)61-52-23-11-7-21-46(52)48-35-36-49-47-22-10-14-26-55(47)63(57(49)56(48)61)62-53-24-12-8-19-44(53)45-20-9-13-25-54(45)62/h1-37H. The van der Waals surface area contributed by atoms with Gasteiger partial charge in [-0.15, -0.1) is 0 Å². The maximum atomic E-state index is 5.23. The summed E-state index contributed by atoms with van der Waals surface area (Å²) in [5.41, 5.74) is 15.2. The molecule has 0 N–H and O–H groups in total. The Kier molecular flexibility index (Phi) is 7.84. The van der Waals surface area contributed by atoms with Gasteiger partial charge in [0.1, 0.15) is 0 Å². The van der Waals surface area contributed by atoms with Crippen molar-refractivity contribution in [3.05, 3.63) is 224 Å². The maximum absolute atomic E-state index is 5.23. The van der Waals surface area contributed by atoms with Gasteiger partial charge in [0.15, 0.2) is 5.82 Å². The first-order chi connectivity index (χ1) is 31.3. The van der Waals surface area contributed by atoms with E-state index in [-0.39, 0.29) is 0 Å². The Bertz CT molecular complexity index is 3820. The quantitative estimate of drug-likeness (QED) is 0.168. The van der Waals surface area contributed by atoms with E-state index in [2.05, 4.69) is 226 Å². The molecule has 0 fully saturated rings. The van der Waals surface area contributed by atoms with Crippen LogP contribution in [0.1, 0.15) is 0 Å². The van der Waals surface area contributed by atoms with Crippen LogP contribution < -0.4 is 0 Å². The zero-order valence-corrected chi connectivity index (χ0v) is 34.1. The van der Waals surface area contributed by atoms with Crippen LogP contribution >= 0.6 is 0 Å². The topological polar surface area (TPSA) is 40.6 Å². The van der Waals surface area contributed by atoms with Gasteiger partial charge in [0.25, 0.3) is 0 Å². The highest BCUT2D eigenvalue weighted by molar-refractivity contribution is 6.23. The normalized spacial score (nSPS) is 11.8. The number of nitrogens with zero attached hydrogens (tertiary/aromatic N) is 5. The van der Waals surface area contributed by atoms with E-state index in [9.17, 15) is 0 Å². The highest BCUT2D eigenvalue weighted by atomic mass is 15.5. The SMILES string of the molecule is c1ccc(-c2ccc(-c3cc(-c4ccccc4)nc(-c4ccc(-n5c6ccccc6c6ccc7c8ccccc8n(-n8c9ccccc9c9ccccc98)c7c65)cc4)n3)cc2)cc1. The van der Waals surface area contributed by atoms with E-state index < -0.39 is 0 Å². The second-order valence-corrected chi connectivity index (χ2v) is 16.2. The Labute approximate surface area is 363 Å². The van der Waals surface area contributed by atoms with Gasteiger partial charge in [-0.05, 0) is 65.7 Å². The van der Waals surface area contributed by atoms with Crippen LogP contribution in [0.4, 0.5) is 0 Å². The van der Waals surface area contributed by atoms with E-state index in [0.717, 1.165) is 66.9 Å². The van der Waals surface area contributed by atoms with Crippen LogP contribution in [0.3, 0.4) is 0 Å². The Morgan fingerprint density at radius 2 is 0.667 bits per heavy atom. The average molecular weight is 804 g/mol. The lowest BCUT2D eigenvalue weighted by Crippen LogP contribution is -2.09. The maximum Gasteiger partial charge on any atom is 0.160 e. The molecule has 0 aliphatic heterocycles. The van der Waals surface area contributed by atoms with Crippen LogP contribution in [-0.4, -0.2) is 23.9 Å². The molecule has 5 nitrogen and oxygen atoms in total. The molecule has 13 aromatic rings. The van der Waals surface area contributed by atoms with Gasteiger partial charge in [0.05, 0.1) is 44.5 Å². The van der Waals surface area contributed by atoms with Crippen molar-refractivity contribution in [1.82, 2.24) is 23.9 Å². The van der Waals surface area contributed by atoms with Crippen LogP contribution in [-0.2, 0) is 0 Å². The van der Waals surface area contributed by atoms with Gasteiger partial charge in [-0.3, -0.25) is 0 Å². The summed E-state index contributed by atoms with van der Waals surface area (Å²) < 4.78 is 7.32. The van der Waals surface area contributed by atoms with Crippen molar-refractivity contribution in [2.24, 2.45) is 0 Å². The van der Waals surface area contributed by atoms with Gasteiger partial charge in [-0.25, -0.2) is 19.3 Å². The lowest BCUT2D eigenvalue weighted by molar-refractivity contribution is 0.776. The first kappa shape index (κ1) is 35.2. The van der Waals surface area contributed by atoms with Crippen LogP contribution in [0.15, 0.2) is 224 Å². The van der Waals surface area contributed by atoms with Gasteiger partial charge in [-0.1, -0.05) is 170 Å². The summed E-state index contributed by atoms with van der Waals surface area (Å²) in [4.78, 5) is 10.4. The molecule has 0 spiro atoms. The first-order valence-electron chi connectivity index (χ1n) is 21.4. The molecule has 294 valence electrons. The zero-order chi connectivity index (χ0) is 41.4. The van der Waals surface area contributed by atoms with Crippen molar-refractivity contribution in [2.75, 3.05) is 0 Å². The fraction of sp³-hybridized carbons (Fsp3) is 0. The van der Waals surface area contributed by atoms with Crippen molar-refractivity contribution < 1.29 is 0 Å². The molecule has 5 heteroatoms. The molecule has 4 heterocycles. The molecular weight excluding hydrogens is 767 g/mol. The van der Waals surface area contributed by atoms with Crippen LogP contribution in [0.25, 0.3) is 116 Å². The Morgan fingerprint density at radius 3 is 1.25 bits per heavy atom. The Morgan fingerprint density at radius 1 is 0.270 bits per heavy atom. The summed E-state index contributed by atoms with van der Waals surface area (Å²) in [6, 6.07) is 80.1. The molecule has 0 unspecified atom stereocenters. The average Bonchev–Trinajstić information content (AvgIpc) is 4.00. The molecule has 0 saturated heterocycles. The van der Waals surface area contributed by atoms with Crippen LogP contribution in [0.2, 0.25) is 0 Å². The molecule has 0 atom stereocenters. The molecule has 0 amide bonds. The first-order valence-corrected chi connectivity index (χ1v) is 21.4. The van der Waals surface area contributed by atoms with Crippen molar-refractivity contribution in [3.8, 4) is 50.7 Å². The number of hydrogen-bond donors (Lipinski definition) is 0. The second kappa shape index (κ2) is 14.0. The summed E-state index contributed by atoms with van der Waals surface area (Å²) in [7, 11) is 0. The predicted molar refractivity (Wildman–Crippen MR) is 261 cm³/mol. The second-order valence-electron chi connectivity index (χ2n) is 16.2. The summed E-state index contributed by atoms with van der Waals surface area (Å²) in [5.74, 6) is 0.682. The molecule has 0 bridgehead atoms. The van der Waals surface area contributed by atoms with E-state index in [1.54, 1.807) is 0 Å². The lowest BCUT2D eigenvalue weighted by Gasteiger charge is -2.16. The highest BCUT2D eigenvalue weighted by Gasteiger charge is 2.23. The van der Waals surface area contributed by atoms with E-state index in [1.165, 1.54) is 43.4 Å². The molecular formula is C58H37N5. The van der Waals surface area contributed by atoms with Crippen molar-refractivity contribution in [3.63, 3.8) is 0 Å². The molecule has 0 radical (unpaired) electrons. The third kappa shape index (κ3) is 5.50. The van der Waals surface area contributed by atoms with Gasteiger partial charge in [-0.2, -0.15) is 0 Å². The molecule has 0 aliphatic rings. The van der Waals surface area contributed by atoms with Crippen molar-refractivity contribution in [2.45, 2.75) is 0 Å². The van der Waals surface area contributed by atoms with E-state index >= 15 is 0 Å². The fourth-order valence-corrected chi connectivity index (χ4v) is 9.78.